The van der Waals surface area contributed by atoms with Crippen molar-refractivity contribution in [1.82, 2.24) is 10.2 Å². The summed E-state index contributed by atoms with van der Waals surface area (Å²) < 4.78 is 37.0. The predicted octanol–water partition coefficient (Wildman–Crippen LogP) is 3.95. The molecule has 2 aromatic rings. The van der Waals surface area contributed by atoms with E-state index in [-0.39, 0.29) is 50.6 Å². The van der Waals surface area contributed by atoms with Crippen molar-refractivity contribution < 1.29 is 27.5 Å². The quantitative estimate of drug-likeness (QED) is 0.428. The second kappa shape index (κ2) is 12.5. The van der Waals surface area contributed by atoms with E-state index in [2.05, 4.69) is 5.32 Å². The van der Waals surface area contributed by atoms with Gasteiger partial charge in [0.2, 0.25) is 28.6 Å². The zero-order chi connectivity index (χ0) is 27.2. The molecular weight excluding hydrogens is 518 g/mol. The topological polar surface area (TPSA) is 105 Å². The number of hydrogen-bond donors (Lipinski definition) is 1. The normalized spacial score (nSPS) is 14.1. The van der Waals surface area contributed by atoms with Crippen LogP contribution in [-0.4, -0.2) is 56.8 Å². The van der Waals surface area contributed by atoms with Crippen molar-refractivity contribution in [1.29, 1.82) is 0 Å². The average Bonchev–Trinajstić information content (AvgIpc) is 3.32. The van der Waals surface area contributed by atoms with Gasteiger partial charge in [0.05, 0.1) is 11.9 Å². The van der Waals surface area contributed by atoms with Crippen LogP contribution in [0.4, 0.5) is 5.69 Å². The van der Waals surface area contributed by atoms with E-state index in [4.69, 9.17) is 21.1 Å². The van der Waals surface area contributed by atoms with Crippen LogP contribution < -0.4 is 19.1 Å². The Kier molecular flexibility index (Phi) is 9.67. The number of hydrogen-bond acceptors (Lipinski definition) is 6. The lowest BCUT2D eigenvalue weighted by molar-refractivity contribution is -0.140. The number of benzene rings is 2. The van der Waals surface area contributed by atoms with E-state index in [1.54, 1.807) is 37.3 Å². The van der Waals surface area contributed by atoms with Gasteiger partial charge >= 0.3 is 0 Å². The van der Waals surface area contributed by atoms with Crippen molar-refractivity contribution in [3.05, 3.63) is 53.1 Å². The minimum atomic E-state index is -3.62. The number of nitrogens with one attached hydrogen (secondary N) is 1. The molecule has 2 aromatic carbocycles. The van der Waals surface area contributed by atoms with Crippen LogP contribution in [0, 0.1) is 0 Å². The van der Waals surface area contributed by atoms with Gasteiger partial charge in [-0.2, -0.15) is 0 Å². The first kappa shape index (κ1) is 28.6. The molecule has 2 unspecified atom stereocenters. The number of fused-ring (bicyclic) bond motifs is 1. The molecule has 1 N–H and O–H groups in total. The first-order valence-corrected chi connectivity index (χ1v) is 14.4. The molecular formula is C26H34ClN3O6S. The monoisotopic (exact) mass is 551 g/mol. The van der Waals surface area contributed by atoms with Gasteiger partial charge in [0, 0.05) is 36.6 Å². The summed E-state index contributed by atoms with van der Waals surface area (Å²) in [5.74, 6) is 0.486. The van der Waals surface area contributed by atoms with Crippen LogP contribution in [0.1, 0.15) is 45.6 Å². The largest absolute Gasteiger partial charge is 0.454 e. The van der Waals surface area contributed by atoms with Gasteiger partial charge in [-0.1, -0.05) is 36.7 Å². The van der Waals surface area contributed by atoms with E-state index in [9.17, 15) is 18.0 Å². The highest BCUT2D eigenvalue weighted by Gasteiger charge is 2.28. The van der Waals surface area contributed by atoms with Crippen LogP contribution in [0.3, 0.4) is 0 Å². The number of ether oxygens (including phenoxy) is 2. The van der Waals surface area contributed by atoms with Crippen molar-refractivity contribution in [3.63, 3.8) is 0 Å². The molecule has 1 aliphatic heterocycles. The Balaban J connectivity index is 1.74. The molecule has 0 saturated heterocycles. The van der Waals surface area contributed by atoms with Gasteiger partial charge in [-0.25, -0.2) is 8.42 Å². The van der Waals surface area contributed by atoms with E-state index in [1.807, 2.05) is 26.0 Å². The standard InChI is InChI=1S/C26H34ClN3O6S/c1-5-18(2)28-26(32)19(3)29(16-20-9-6-7-10-22(20)27)25(31)11-8-14-30(37(4,33)34)21-12-13-23-24(15-21)36-17-35-23/h6-7,9-10,12-13,15,18-19H,5,8,11,14,16-17H2,1-4H3,(H,28,32). The number of carbonyl (C=O) groups excluding carboxylic acids is 2. The van der Waals surface area contributed by atoms with E-state index in [0.29, 0.717) is 22.2 Å². The smallest absolute Gasteiger partial charge is 0.242 e. The molecule has 2 atom stereocenters. The highest BCUT2D eigenvalue weighted by Crippen LogP contribution is 2.36. The number of amides is 2. The third-order valence-corrected chi connectivity index (χ3v) is 7.83. The molecule has 0 bridgehead atoms. The summed E-state index contributed by atoms with van der Waals surface area (Å²) in [5, 5.41) is 3.43. The van der Waals surface area contributed by atoms with Crippen molar-refractivity contribution >= 4 is 39.1 Å². The molecule has 1 aliphatic rings. The molecule has 0 spiro atoms. The average molecular weight is 552 g/mol. The Labute approximate surface area is 223 Å². The van der Waals surface area contributed by atoms with E-state index in [0.717, 1.165) is 18.2 Å². The van der Waals surface area contributed by atoms with Gasteiger partial charge in [0.1, 0.15) is 6.04 Å². The molecule has 0 aliphatic carbocycles. The molecule has 0 radical (unpaired) electrons. The predicted molar refractivity (Wildman–Crippen MR) is 143 cm³/mol. The van der Waals surface area contributed by atoms with Gasteiger partial charge in [0.15, 0.2) is 11.5 Å². The Morgan fingerprint density at radius 2 is 1.81 bits per heavy atom. The van der Waals surface area contributed by atoms with E-state index >= 15 is 0 Å². The van der Waals surface area contributed by atoms with Crippen molar-refractivity contribution in [2.75, 3.05) is 23.9 Å². The molecule has 37 heavy (non-hydrogen) atoms. The lowest BCUT2D eigenvalue weighted by atomic mass is 10.1. The van der Waals surface area contributed by atoms with Crippen LogP contribution in [0.25, 0.3) is 0 Å². The molecule has 0 aromatic heterocycles. The number of sulfonamides is 1. The molecule has 1 heterocycles. The van der Waals surface area contributed by atoms with Crippen molar-refractivity contribution in [2.24, 2.45) is 0 Å². The van der Waals surface area contributed by atoms with Crippen LogP contribution >= 0.6 is 11.6 Å². The van der Waals surface area contributed by atoms with Gasteiger partial charge in [0.25, 0.3) is 0 Å². The molecule has 202 valence electrons. The Bertz CT molecular complexity index is 1220. The number of carbonyl (C=O) groups is 2. The third-order valence-electron chi connectivity index (χ3n) is 6.26. The van der Waals surface area contributed by atoms with Crippen LogP contribution in [0.2, 0.25) is 5.02 Å². The minimum Gasteiger partial charge on any atom is -0.454 e. The zero-order valence-corrected chi connectivity index (χ0v) is 23.1. The maximum Gasteiger partial charge on any atom is 0.242 e. The highest BCUT2D eigenvalue weighted by atomic mass is 35.5. The first-order chi connectivity index (χ1) is 17.5. The second-order valence-electron chi connectivity index (χ2n) is 9.08. The fourth-order valence-corrected chi connectivity index (χ4v) is 5.06. The van der Waals surface area contributed by atoms with Gasteiger partial charge < -0.3 is 19.7 Å². The number of anilines is 1. The Morgan fingerprint density at radius 1 is 1.11 bits per heavy atom. The van der Waals surface area contributed by atoms with E-state index < -0.39 is 16.1 Å². The van der Waals surface area contributed by atoms with E-state index in [1.165, 1.54) is 9.21 Å². The van der Waals surface area contributed by atoms with Crippen LogP contribution in [0.5, 0.6) is 11.5 Å². The summed E-state index contributed by atoms with van der Waals surface area (Å²) >= 11 is 6.34. The lowest BCUT2D eigenvalue weighted by Gasteiger charge is -2.30. The summed E-state index contributed by atoms with van der Waals surface area (Å²) in [6.07, 6.45) is 2.17. The zero-order valence-electron chi connectivity index (χ0n) is 21.6. The van der Waals surface area contributed by atoms with Gasteiger partial charge in [-0.3, -0.25) is 13.9 Å². The van der Waals surface area contributed by atoms with Gasteiger partial charge in [-0.05, 0) is 50.5 Å². The molecule has 0 saturated carbocycles. The number of halogens is 1. The summed E-state index contributed by atoms with van der Waals surface area (Å²) in [7, 11) is -3.62. The van der Waals surface area contributed by atoms with Crippen molar-refractivity contribution in [2.45, 2.75) is 58.7 Å². The maximum atomic E-state index is 13.4. The lowest BCUT2D eigenvalue weighted by Crippen LogP contribution is -2.49. The van der Waals surface area contributed by atoms with Crippen LogP contribution in [-0.2, 0) is 26.2 Å². The molecule has 3 rings (SSSR count). The van der Waals surface area contributed by atoms with Crippen molar-refractivity contribution in [3.8, 4) is 11.5 Å². The number of rotatable bonds is 12. The Morgan fingerprint density at radius 3 is 2.49 bits per heavy atom. The molecule has 11 heteroatoms. The molecule has 2 amide bonds. The number of nitrogens with zero attached hydrogens (tertiary/aromatic N) is 2. The molecule has 0 fully saturated rings. The summed E-state index contributed by atoms with van der Waals surface area (Å²) in [6.45, 7) is 5.87. The fourth-order valence-electron chi connectivity index (χ4n) is 3.90. The summed E-state index contributed by atoms with van der Waals surface area (Å²) in [6, 6.07) is 11.3. The fraction of sp³-hybridized carbons (Fsp3) is 0.462. The highest BCUT2D eigenvalue weighted by molar-refractivity contribution is 7.92. The molecule has 9 nitrogen and oxygen atoms in total. The summed E-state index contributed by atoms with van der Waals surface area (Å²) in [5.41, 5.74) is 1.15. The van der Waals surface area contributed by atoms with Gasteiger partial charge in [-0.15, -0.1) is 0 Å². The Hall–Kier alpha value is -2.98. The first-order valence-electron chi connectivity index (χ1n) is 12.2. The minimum absolute atomic E-state index is 0.0303. The SMILES string of the molecule is CCC(C)NC(=O)C(C)N(Cc1ccccc1Cl)C(=O)CCCN(c1ccc2c(c1)OCO2)S(C)(=O)=O. The maximum absolute atomic E-state index is 13.4. The van der Waals surface area contributed by atoms with Crippen LogP contribution in [0.15, 0.2) is 42.5 Å². The third kappa shape index (κ3) is 7.52. The second-order valence-corrected chi connectivity index (χ2v) is 11.4. The summed E-state index contributed by atoms with van der Waals surface area (Å²) in [4.78, 5) is 27.7.